The molecule has 5 heteroatoms. The molecule has 0 amide bonds. The minimum absolute atomic E-state index is 0.142. The van der Waals surface area contributed by atoms with Crippen LogP contribution in [0.3, 0.4) is 0 Å². The second-order valence-electron chi connectivity index (χ2n) is 3.79. The van der Waals surface area contributed by atoms with Crippen molar-refractivity contribution in [1.29, 1.82) is 0 Å². The van der Waals surface area contributed by atoms with Crippen LogP contribution in [0.15, 0.2) is 24.3 Å². The summed E-state index contributed by atoms with van der Waals surface area (Å²) in [6, 6.07) is 7.77. The van der Waals surface area contributed by atoms with E-state index in [1.54, 1.807) is 0 Å². The first-order chi connectivity index (χ1) is 6.97. The molecule has 0 aliphatic heterocycles. The summed E-state index contributed by atoms with van der Waals surface area (Å²) in [5, 5.41) is 0. The van der Waals surface area contributed by atoms with Crippen molar-refractivity contribution >= 4 is 26.0 Å². The molecule has 1 aliphatic carbocycles. The summed E-state index contributed by atoms with van der Waals surface area (Å²) in [6.45, 7) is 0. The Morgan fingerprint density at radius 2 is 2.07 bits per heavy atom. The molecule has 0 fully saturated rings. The number of hydrogen-bond acceptors (Lipinski definition) is 2. The standard InChI is InChI=1S/C10H12BrNO2S/c1-15(13,14)12-10-8-5-3-2-4-7(8)6-9(10)11/h2-5,9-10,12H,6H2,1H3. The predicted molar refractivity (Wildman–Crippen MR) is 63.6 cm³/mol. The highest BCUT2D eigenvalue weighted by Crippen LogP contribution is 2.35. The minimum Gasteiger partial charge on any atom is -0.213 e. The summed E-state index contributed by atoms with van der Waals surface area (Å²) in [4.78, 5) is 0.143. The van der Waals surface area contributed by atoms with Gasteiger partial charge in [0.05, 0.1) is 12.3 Å². The van der Waals surface area contributed by atoms with Crippen molar-refractivity contribution in [2.45, 2.75) is 17.3 Å². The molecule has 1 aromatic carbocycles. The van der Waals surface area contributed by atoms with E-state index >= 15 is 0 Å². The topological polar surface area (TPSA) is 46.2 Å². The molecular formula is C10H12BrNO2S. The van der Waals surface area contributed by atoms with Gasteiger partial charge >= 0.3 is 0 Å². The molecule has 0 heterocycles. The molecule has 0 spiro atoms. The van der Waals surface area contributed by atoms with Crippen LogP contribution in [-0.2, 0) is 16.4 Å². The fourth-order valence-electron chi connectivity index (χ4n) is 1.91. The van der Waals surface area contributed by atoms with Crippen molar-refractivity contribution < 1.29 is 8.42 Å². The molecule has 1 aliphatic rings. The second-order valence-corrected chi connectivity index (χ2v) is 6.74. The van der Waals surface area contributed by atoms with Crippen molar-refractivity contribution in [2.24, 2.45) is 0 Å². The van der Waals surface area contributed by atoms with Crippen LogP contribution < -0.4 is 4.72 Å². The maximum Gasteiger partial charge on any atom is 0.209 e. The lowest BCUT2D eigenvalue weighted by Crippen LogP contribution is -2.30. The van der Waals surface area contributed by atoms with Gasteiger partial charge in [-0.3, -0.25) is 0 Å². The van der Waals surface area contributed by atoms with Gasteiger partial charge in [0.2, 0.25) is 10.0 Å². The number of rotatable bonds is 2. The SMILES string of the molecule is CS(=O)(=O)NC1c2ccccc2CC1Br. The van der Waals surface area contributed by atoms with E-state index in [9.17, 15) is 8.42 Å². The first-order valence-corrected chi connectivity index (χ1v) is 7.47. The van der Waals surface area contributed by atoms with Crippen LogP contribution in [0.2, 0.25) is 0 Å². The zero-order valence-electron chi connectivity index (χ0n) is 8.27. The molecule has 2 unspecified atom stereocenters. The van der Waals surface area contributed by atoms with Crippen molar-refractivity contribution in [1.82, 2.24) is 4.72 Å². The van der Waals surface area contributed by atoms with Gasteiger partial charge in [-0.05, 0) is 17.5 Å². The van der Waals surface area contributed by atoms with E-state index in [-0.39, 0.29) is 10.9 Å². The van der Waals surface area contributed by atoms with E-state index in [0.717, 1.165) is 12.0 Å². The van der Waals surface area contributed by atoms with Gasteiger partial charge in [0, 0.05) is 4.83 Å². The Morgan fingerprint density at radius 1 is 1.40 bits per heavy atom. The number of sulfonamides is 1. The van der Waals surface area contributed by atoms with Crippen LogP contribution in [0.4, 0.5) is 0 Å². The first kappa shape index (κ1) is 11.1. The van der Waals surface area contributed by atoms with E-state index < -0.39 is 10.0 Å². The molecule has 0 bridgehead atoms. The molecule has 3 nitrogen and oxygen atoms in total. The molecule has 15 heavy (non-hydrogen) atoms. The van der Waals surface area contributed by atoms with Crippen LogP contribution >= 0.6 is 15.9 Å². The molecule has 2 atom stereocenters. The van der Waals surface area contributed by atoms with Gasteiger partial charge in [-0.15, -0.1) is 0 Å². The maximum atomic E-state index is 11.2. The van der Waals surface area contributed by atoms with Gasteiger partial charge in [0.15, 0.2) is 0 Å². The number of fused-ring (bicyclic) bond motifs is 1. The minimum atomic E-state index is -3.16. The van der Waals surface area contributed by atoms with E-state index in [4.69, 9.17) is 0 Å². The average molecular weight is 290 g/mol. The molecule has 1 aromatic rings. The number of benzene rings is 1. The Morgan fingerprint density at radius 3 is 2.73 bits per heavy atom. The largest absolute Gasteiger partial charge is 0.213 e. The zero-order valence-corrected chi connectivity index (χ0v) is 10.7. The molecule has 82 valence electrons. The van der Waals surface area contributed by atoms with Gasteiger partial charge in [-0.1, -0.05) is 40.2 Å². The molecule has 2 rings (SSSR count). The molecule has 1 N–H and O–H groups in total. The van der Waals surface area contributed by atoms with Crippen molar-refractivity contribution in [2.75, 3.05) is 6.26 Å². The number of alkyl halides is 1. The van der Waals surface area contributed by atoms with Crippen molar-refractivity contribution in [3.8, 4) is 0 Å². The highest BCUT2D eigenvalue weighted by Gasteiger charge is 2.32. The lowest BCUT2D eigenvalue weighted by atomic mass is 10.1. The highest BCUT2D eigenvalue weighted by atomic mass is 79.9. The fourth-order valence-corrected chi connectivity index (χ4v) is 3.61. The van der Waals surface area contributed by atoms with E-state index in [0.29, 0.717) is 0 Å². The van der Waals surface area contributed by atoms with Gasteiger partial charge in [-0.25, -0.2) is 13.1 Å². The molecule has 0 saturated heterocycles. The predicted octanol–water partition coefficient (Wildman–Crippen LogP) is 1.60. The number of nitrogens with one attached hydrogen (secondary N) is 1. The zero-order chi connectivity index (χ0) is 11.1. The van der Waals surface area contributed by atoms with Crippen LogP contribution in [0.25, 0.3) is 0 Å². The molecule has 0 aromatic heterocycles. The van der Waals surface area contributed by atoms with Crippen LogP contribution in [0.5, 0.6) is 0 Å². The summed E-state index contributed by atoms with van der Waals surface area (Å²) < 4.78 is 25.1. The van der Waals surface area contributed by atoms with Crippen LogP contribution in [0.1, 0.15) is 17.2 Å². The molecular weight excluding hydrogens is 278 g/mol. The third-order valence-electron chi connectivity index (χ3n) is 2.51. The Hall–Kier alpha value is -0.390. The van der Waals surface area contributed by atoms with Gasteiger partial charge in [-0.2, -0.15) is 0 Å². The highest BCUT2D eigenvalue weighted by molar-refractivity contribution is 9.09. The Bertz CT molecular complexity index is 472. The lowest BCUT2D eigenvalue weighted by Gasteiger charge is -2.15. The monoisotopic (exact) mass is 289 g/mol. The van der Waals surface area contributed by atoms with Gasteiger partial charge in [0.25, 0.3) is 0 Å². The Balaban J connectivity index is 2.34. The van der Waals surface area contributed by atoms with Gasteiger partial charge in [0.1, 0.15) is 0 Å². The summed E-state index contributed by atoms with van der Waals surface area (Å²) in [5.74, 6) is 0. The van der Waals surface area contributed by atoms with Crippen molar-refractivity contribution in [3.63, 3.8) is 0 Å². The normalized spacial score (nSPS) is 25.2. The van der Waals surface area contributed by atoms with E-state index in [2.05, 4.69) is 20.7 Å². The van der Waals surface area contributed by atoms with E-state index in [1.165, 1.54) is 11.8 Å². The Labute approximate surface area is 98.1 Å². The molecule has 0 saturated carbocycles. The number of halogens is 1. The second kappa shape index (κ2) is 3.88. The first-order valence-electron chi connectivity index (χ1n) is 4.66. The summed E-state index contributed by atoms with van der Waals surface area (Å²) in [7, 11) is -3.16. The summed E-state index contributed by atoms with van der Waals surface area (Å²) >= 11 is 3.51. The summed E-state index contributed by atoms with van der Waals surface area (Å²) in [5.41, 5.74) is 2.28. The smallest absolute Gasteiger partial charge is 0.209 e. The fraction of sp³-hybridized carbons (Fsp3) is 0.400. The number of hydrogen-bond donors (Lipinski definition) is 1. The maximum absolute atomic E-state index is 11.2. The summed E-state index contributed by atoms with van der Waals surface area (Å²) in [6.07, 6.45) is 2.05. The quantitative estimate of drug-likeness (QED) is 0.841. The van der Waals surface area contributed by atoms with Crippen molar-refractivity contribution in [3.05, 3.63) is 35.4 Å². The Kier molecular flexibility index (Phi) is 2.87. The third-order valence-corrected chi connectivity index (χ3v) is 4.04. The van der Waals surface area contributed by atoms with Gasteiger partial charge < -0.3 is 0 Å². The average Bonchev–Trinajstić information content (AvgIpc) is 2.41. The molecule has 0 radical (unpaired) electrons. The van der Waals surface area contributed by atoms with Crippen LogP contribution in [-0.4, -0.2) is 19.5 Å². The van der Waals surface area contributed by atoms with Crippen LogP contribution in [0, 0.1) is 0 Å². The lowest BCUT2D eigenvalue weighted by molar-refractivity contribution is 0.565. The third kappa shape index (κ3) is 2.41. The van der Waals surface area contributed by atoms with E-state index in [1.807, 2.05) is 24.3 Å².